The van der Waals surface area contributed by atoms with Gasteiger partial charge in [0.2, 0.25) is 0 Å². The van der Waals surface area contributed by atoms with E-state index in [4.69, 9.17) is 4.65 Å². The van der Waals surface area contributed by atoms with Crippen LogP contribution in [0.25, 0.3) is 0 Å². The fourth-order valence-electron chi connectivity index (χ4n) is 0.370. The van der Waals surface area contributed by atoms with Crippen molar-refractivity contribution in [2.45, 2.75) is 26.3 Å². The molecule has 3 heteroatoms. The van der Waals surface area contributed by atoms with Crippen molar-refractivity contribution in [3.05, 3.63) is 0 Å². The molecule has 8 heavy (non-hydrogen) atoms. The van der Waals surface area contributed by atoms with Crippen LogP contribution in [0.3, 0.4) is 0 Å². The maximum absolute atomic E-state index is 4.80. The Labute approximate surface area is 51.9 Å². The van der Waals surface area contributed by atoms with Gasteiger partial charge in [-0.25, -0.2) is 0 Å². The molecule has 0 radical (unpaired) electrons. The lowest BCUT2D eigenvalue weighted by atomic mass is 10.1. The quantitative estimate of drug-likeness (QED) is 0.531. The lowest BCUT2D eigenvalue weighted by molar-refractivity contribution is 0.421. The molecule has 0 aromatic heterocycles. The summed E-state index contributed by atoms with van der Waals surface area (Å²) < 4.78 is 4.80. The molecule has 0 aliphatic rings. The van der Waals surface area contributed by atoms with Crippen LogP contribution in [-0.2, 0) is 4.65 Å². The zero-order chi connectivity index (χ0) is 6.41. The number of rotatable bonds is 4. The maximum atomic E-state index is 4.80. The molecule has 1 N–H and O–H groups in total. The minimum absolute atomic E-state index is 0.579. The summed E-state index contributed by atoms with van der Waals surface area (Å²) in [6.45, 7) is 4.28. The minimum atomic E-state index is 0.579. The van der Waals surface area contributed by atoms with Crippen molar-refractivity contribution in [2.24, 2.45) is 0 Å². The summed E-state index contributed by atoms with van der Waals surface area (Å²) in [7, 11) is 2.35. The van der Waals surface area contributed by atoms with E-state index in [1.165, 1.54) is 0 Å². The van der Waals surface area contributed by atoms with E-state index in [9.17, 15) is 0 Å². The van der Waals surface area contributed by atoms with Crippen LogP contribution in [0.15, 0.2) is 0 Å². The van der Waals surface area contributed by atoms with Crippen LogP contribution in [0, 0.1) is 0 Å². The molecule has 0 aromatic carbocycles. The molecule has 0 heterocycles. The molecular formula is C5H14BNO. The second kappa shape index (κ2) is 5.13. The van der Waals surface area contributed by atoms with Crippen LogP contribution in [-0.4, -0.2) is 20.8 Å². The number of hydrogen-bond acceptors (Lipinski definition) is 2. The predicted octanol–water partition coefficient (Wildman–Crippen LogP) is 0.287. The molecule has 0 aromatic rings. The SMILES string of the molecule is CCC(C)NBOC. The standard InChI is InChI=1S/C5H14BNO/c1-4-5(2)7-6-8-3/h5-7H,4H2,1-3H3. The van der Waals surface area contributed by atoms with E-state index in [1.54, 1.807) is 7.11 Å². The molecule has 0 saturated heterocycles. The maximum Gasteiger partial charge on any atom is 0.360 e. The summed E-state index contributed by atoms with van der Waals surface area (Å²) >= 11 is 0. The Hall–Kier alpha value is -0.0151. The van der Waals surface area contributed by atoms with Crippen molar-refractivity contribution in [3.63, 3.8) is 0 Å². The predicted molar refractivity (Wildman–Crippen MR) is 37.0 cm³/mol. The Bertz CT molecular complexity index is 51.7. The van der Waals surface area contributed by atoms with Gasteiger partial charge in [0.25, 0.3) is 0 Å². The van der Waals surface area contributed by atoms with Gasteiger partial charge >= 0.3 is 7.62 Å². The van der Waals surface area contributed by atoms with Crippen LogP contribution >= 0.6 is 0 Å². The number of nitrogens with one attached hydrogen (secondary N) is 1. The second-order valence-corrected chi connectivity index (χ2v) is 1.95. The summed E-state index contributed by atoms with van der Waals surface area (Å²) in [6, 6.07) is 0.579. The molecule has 0 aliphatic carbocycles. The molecule has 0 bridgehead atoms. The molecule has 1 unspecified atom stereocenters. The highest BCUT2D eigenvalue weighted by atomic mass is 16.4. The first-order chi connectivity index (χ1) is 3.81. The fourth-order valence-corrected chi connectivity index (χ4v) is 0.370. The lowest BCUT2D eigenvalue weighted by Crippen LogP contribution is -2.29. The smallest absolute Gasteiger partial charge is 0.360 e. The van der Waals surface area contributed by atoms with Gasteiger partial charge in [0.05, 0.1) is 0 Å². The third kappa shape index (κ3) is 4.15. The highest BCUT2D eigenvalue weighted by Gasteiger charge is 1.94. The normalized spacial score (nSPS) is 13.4. The third-order valence-electron chi connectivity index (χ3n) is 1.19. The Morgan fingerprint density at radius 1 is 1.75 bits per heavy atom. The summed E-state index contributed by atoms with van der Waals surface area (Å²) in [5.74, 6) is 0. The van der Waals surface area contributed by atoms with Gasteiger partial charge in [0.1, 0.15) is 0 Å². The highest BCUT2D eigenvalue weighted by Crippen LogP contribution is 1.84. The average molecular weight is 115 g/mol. The molecule has 0 amide bonds. The topological polar surface area (TPSA) is 21.3 Å². The number of hydrogen-bond donors (Lipinski definition) is 1. The van der Waals surface area contributed by atoms with E-state index in [0.717, 1.165) is 6.42 Å². The van der Waals surface area contributed by atoms with Crippen molar-refractivity contribution in [1.29, 1.82) is 0 Å². The van der Waals surface area contributed by atoms with Gasteiger partial charge in [-0.1, -0.05) is 13.8 Å². The van der Waals surface area contributed by atoms with Crippen molar-refractivity contribution < 1.29 is 4.65 Å². The fraction of sp³-hybridized carbons (Fsp3) is 1.00. The summed E-state index contributed by atoms with van der Waals surface area (Å²) in [5, 5.41) is 3.16. The van der Waals surface area contributed by atoms with E-state index in [2.05, 4.69) is 19.1 Å². The highest BCUT2D eigenvalue weighted by molar-refractivity contribution is 6.23. The molecule has 2 nitrogen and oxygen atoms in total. The monoisotopic (exact) mass is 115 g/mol. The van der Waals surface area contributed by atoms with E-state index < -0.39 is 0 Å². The van der Waals surface area contributed by atoms with Crippen LogP contribution in [0.5, 0.6) is 0 Å². The molecule has 0 rings (SSSR count). The van der Waals surface area contributed by atoms with Crippen molar-refractivity contribution in [3.8, 4) is 0 Å². The zero-order valence-electron chi connectivity index (χ0n) is 5.90. The second-order valence-electron chi connectivity index (χ2n) is 1.95. The van der Waals surface area contributed by atoms with Gasteiger partial charge in [-0.15, -0.1) is 0 Å². The zero-order valence-corrected chi connectivity index (χ0v) is 5.90. The van der Waals surface area contributed by atoms with Crippen molar-refractivity contribution in [1.82, 2.24) is 5.23 Å². The molecule has 0 saturated carbocycles. The minimum Gasteiger partial charge on any atom is -0.427 e. The first-order valence-corrected chi connectivity index (χ1v) is 3.03. The van der Waals surface area contributed by atoms with Gasteiger partial charge in [0.15, 0.2) is 0 Å². The van der Waals surface area contributed by atoms with Gasteiger partial charge in [0, 0.05) is 7.11 Å². The Balaban J connectivity index is 2.86. The van der Waals surface area contributed by atoms with Crippen LogP contribution in [0.2, 0.25) is 0 Å². The van der Waals surface area contributed by atoms with Crippen LogP contribution in [0.1, 0.15) is 20.3 Å². The van der Waals surface area contributed by atoms with Gasteiger partial charge in [-0.2, -0.15) is 0 Å². The van der Waals surface area contributed by atoms with Gasteiger partial charge < -0.3 is 9.88 Å². The van der Waals surface area contributed by atoms with E-state index in [0.29, 0.717) is 13.7 Å². The van der Waals surface area contributed by atoms with E-state index in [-0.39, 0.29) is 0 Å². The molecule has 0 spiro atoms. The molecular weight excluding hydrogens is 101 g/mol. The van der Waals surface area contributed by atoms with Crippen LogP contribution in [0.4, 0.5) is 0 Å². The summed E-state index contributed by atoms with van der Waals surface area (Å²) in [5.41, 5.74) is 0. The first kappa shape index (κ1) is 7.98. The van der Waals surface area contributed by atoms with E-state index in [1.807, 2.05) is 0 Å². The molecule has 0 aliphatic heterocycles. The average Bonchev–Trinajstić information content (AvgIpc) is 1.83. The van der Waals surface area contributed by atoms with Crippen LogP contribution < -0.4 is 5.23 Å². The third-order valence-corrected chi connectivity index (χ3v) is 1.19. The van der Waals surface area contributed by atoms with Gasteiger partial charge in [-0.3, -0.25) is 0 Å². The Morgan fingerprint density at radius 3 is 2.75 bits per heavy atom. The van der Waals surface area contributed by atoms with Crippen molar-refractivity contribution >= 4 is 7.62 Å². The Morgan fingerprint density at radius 2 is 2.38 bits per heavy atom. The largest absolute Gasteiger partial charge is 0.427 e. The Kier molecular flexibility index (Phi) is 5.12. The molecule has 48 valence electrons. The van der Waals surface area contributed by atoms with Crippen molar-refractivity contribution in [2.75, 3.05) is 7.11 Å². The summed E-state index contributed by atoms with van der Waals surface area (Å²) in [6.07, 6.45) is 1.16. The summed E-state index contributed by atoms with van der Waals surface area (Å²) in [4.78, 5) is 0. The van der Waals surface area contributed by atoms with E-state index >= 15 is 0 Å². The molecule has 0 fully saturated rings. The van der Waals surface area contributed by atoms with Gasteiger partial charge in [-0.05, 0) is 12.5 Å². The lowest BCUT2D eigenvalue weighted by Gasteiger charge is -2.07. The molecule has 1 atom stereocenters. The first-order valence-electron chi connectivity index (χ1n) is 3.03.